The molecule has 142 valence electrons. The number of aliphatic hydroxyl groups is 5. The molecule has 6 unspecified atom stereocenters. The molecule has 26 heavy (non-hydrogen) atoms. The molecular weight excluding hydrogens is 346 g/mol. The minimum absolute atomic E-state index is 0.146. The topological polar surface area (TPSA) is 143 Å². The molecule has 3 heterocycles. The third kappa shape index (κ3) is 2.72. The van der Waals surface area contributed by atoms with Crippen molar-refractivity contribution in [3.63, 3.8) is 0 Å². The molecule has 3 aliphatic rings. The van der Waals surface area contributed by atoms with E-state index < -0.39 is 54.7 Å². The molecular formula is C17H21NO8. The Morgan fingerprint density at radius 1 is 1.35 bits per heavy atom. The Kier molecular flexibility index (Phi) is 4.08. The molecule has 1 aromatic carbocycles. The molecule has 5 N–H and O–H groups in total. The zero-order chi connectivity index (χ0) is 18.7. The van der Waals surface area contributed by atoms with Gasteiger partial charge in [0.05, 0.1) is 12.6 Å². The number of carbonyl (C=O) groups is 1. The number of hydrogen-bond acceptors (Lipinski definition) is 9. The van der Waals surface area contributed by atoms with Crippen molar-refractivity contribution in [2.45, 2.75) is 54.9 Å². The van der Waals surface area contributed by atoms with E-state index in [4.69, 9.17) is 9.47 Å². The predicted molar refractivity (Wildman–Crippen MR) is 84.0 cm³/mol. The zero-order valence-corrected chi connectivity index (χ0v) is 13.8. The highest BCUT2D eigenvalue weighted by atomic mass is 16.7. The van der Waals surface area contributed by atoms with Crippen LogP contribution in [0.25, 0.3) is 0 Å². The average molecular weight is 367 g/mol. The number of rotatable bonds is 5. The molecule has 4 rings (SSSR count). The fourth-order valence-corrected chi connectivity index (χ4v) is 4.32. The Labute approximate surface area is 149 Å². The van der Waals surface area contributed by atoms with Crippen LogP contribution in [0.2, 0.25) is 0 Å². The van der Waals surface area contributed by atoms with E-state index >= 15 is 0 Å². The summed E-state index contributed by atoms with van der Waals surface area (Å²) in [5.41, 5.74) is -1.23. The van der Waals surface area contributed by atoms with E-state index in [0.29, 0.717) is 5.56 Å². The molecule has 6 atom stereocenters. The van der Waals surface area contributed by atoms with Crippen LogP contribution in [0.4, 0.5) is 0 Å². The van der Waals surface area contributed by atoms with Crippen LogP contribution in [0.5, 0.6) is 0 Å². The van der Waals surface area contributed by atoms with Gasteiger partial charge in [-0.2, -0.15) is 4.90 Å². The van der Waals surface area contributed by atoms with E-state index in [1.165, 1.54) is 0 Å². The van der Waals surface area contributed by atoms with Crippen molar-refractivity contribution in [2.24, 2.45) is 0 Å². The van der Waals surface area contributed by atoms with E-state index in [-0.39, 0.29) is 12.8 Å². The lowest BCUT2D eigenvalue weighted by Gasteiger charge is -2.48. The van der Waals surface area contributed by atoms with Crippen molar-refractivity contribution in [1.29, 1.82) is 0 Å². The second-order valence-electron chi connectivity index (χ2n) is 7.08. The molecule has 0 radical (unpaired) electrons. The first-order valence-electron chi connectivity index (χ1n) is 8.46. The highest BCUT2D eigenvalue weighted by Gasteiger charge is 2.75. The second kappa shape index (κ2) is 5.96. The molecule has 3 aliphatic heterocycles. The first kappa shape index (κ1) is 17.8. The maximum absolute atomic E-state index is 12.5. The number of esters is 1. The maximum Gasteiger partial charge on any atom is 0.348 e. The summed E-state index contributed by atoms with van der Waals surface area (Å²) in [6.45, 7) is -0.420. The van der Waals surface area contributed by atoms with Crippen LogP contribution in [0.1, 0.15) is 24.3 Å². The SMILES string of the molecule is O=C(OC1CC2C3OC3C(O)(C1)N2C(O)(O)O)C(CO)c1ccccc1. The standard InChI is InChI=1S/C17H21NO8/c19-8-11(9-4-2-1-3-5-9)15(20)25-10-6-12-13-14(26-13)16(21,7-10)18(12)17(22,23)24/h1-5,10-14,19,21-24H,6-8H2. The van der Waals surface area contributed by atoms with E-state index in [1.54, 1.807) is 30.3 Å². The third-order valence-corrected chi connectivity index (χ3v) is 5.42. The minimum atomic E-state index is -3.19. The van der Waals surface area contributed by atoms with Gasteiger partial charge in [0, 0.05) is 12.8 Å². The molecule has 9 heteroatoms. The Hall–Kier alpha value is -1.59. The maximum atomic E-state index is 12.5. The van der Waals surface area contributed by atoms with Crippen LogP contribution in [-0.4, -0.2) is 79.2 Å². The smallest absolute Gasteiger partial charge is 0.348 e. The van der Waals surface area contributed by atoms with Crippen LogP contribution in [0.3, 0.4) is 0 Å². The van der Waals surface area contributed by atoms with Crippen molar-refractivity contribution >= 4 is 5.97 Å². The van der Waals surface area contributed by atoms with Gasteiger partial charge in [0.25, 0.3) is 0 Å². The Balaban J connectivity index is 1.49. The molecule has 0 amide bonds. The van der Waals surface area contributed by atoms with Gasteiger partial charge < -0.3 is 35.0 Å². The van der Waals surface area contributed by atoms with Crippen molar-refractivity contribution < 1.29 is 39.8 Å². The van der Waals surface area contributed by atoms with E-state index in [0.717, 1.165) is 4.90 Å². The van der Waals surface area contributed by atoms with Gasteiger partial charge >= 0.3 is 12.1 Å². The van der Waals surface area contributed by atoms with E-state index in [9.17, 15) is 30.3 Å². The molecule has 9 nitrogen and oxygen atoms in total. The number of hydrogen-bond donors (Lipinski definition) is 5. The van der Waals surface area contributed by atoms with Gasteiger partial charge in [-0.1, -0.05) is 30.3 Å². The number of morpholine rings is 1. The highest BCUT2D eigenvalue weighted by molar-refractivity contribution is 5.78. The number of fused-ring (bicyclic) bond motifs is 5. The summed E-state index contributed by atoms with van der Waals surface area (Å²) >= 11 is 0. The van der Waals surface area contributed by atoms with Gasteiger partial charge in [0.1, 0.15) is 24.2 Å². The number of benzene rings is 1. The normalized spacial score (nSPS) is 37.1. The van der Waals surface area contributed by atoms with Crippen molar-refractivity contribution in [1.82, 2.24) is 4.90 Å². The fourth-order valence-electron chi connectivity index (χ4n) is 4.32. The number of aliphatic hydroxyl groups excluding tert-OH is 1. The van der Waals surface area contributed by atoms with Gasteiger partial charge in [0.15, 0.2) is 5.72 Å². The summed E-state index contributed by atoms with van der Waals surface area (Å²) in [4.78, 5) is 13.3. The Morgan fingerprint density at radius 2 is 2.04 bits per heavy atom. The molecule has 3 fully saturated rings. The summed E-state index contributed by atoms with van der Waals surface area (Å²) in [6, 6.07) is 8.01. The summed E-state index contributed by atoms with van der Waals surface area (Å²) in [5, 5.41) is 49.0. The molecule has 1 aromatic rings. The van der Waals surface area contributed by atoms with E-state index in [1.807, 2.05) is 0 Å². The lowest BCUT2D eigenvalue weighted by molar-refractivity contribution is -0.444. The number of nitrogens with zero attached hydrogens (tertiary/aromatic N) is 1. The van der Waals surface area contributed by atoms with Gasteiger partial charge in [-0.15, -0.1) is 0 Å². The molecule has 0 aliphatic carbocycles. The van der Waals surface area contributed by atoms with Gasteiger partial charge in [-0.3, -0.25) is 4.79 Å². The van der Waals surface area contributed by atoms with Crippen molar-refractivity contribution in [3.05, 3.63) is 35.9 Å². The van der Waals surface area contributed by atoms with Crippen LogP contribution in [-0.2, 0) is 14.3 Å². The molecule has 0 saturated carbocycles. The average Bonchev–Trinajstić information content (AvgIpc) is 3.33. The number of ether oxygens (including phenoxy) is 2. The lowest BCUT2D eigenvalue weighted by Crippen LogP contribution is -2.67. The quantitative estimate of drug-likeness (QED) is 0.231. The summed E-state index contributed by atoms with van der Waals surface area (Å²) in [5.74, 6) is -1.47. The Morgan fingerprint density at radius 3 is 2.62 bits per heavy atom. The summed E-state index contributed by atoms with van der Waals surface area (Å²) < 4.78 is 10.8. The minimum Gasteiger partial charge on any atom is -0.462 e. The largest absolute Gasteiger partial charge is 0.462 e. The van der Waals surface area contributed by atoms with Gasteiger partial charge in [-0.05, 0) is 5.56 Å². The number of carbonyl (C=O) groups excluding carboxylic acids is 1. The fraction of sp³-hybridized carbons (Fsp3) is 0.588. The second-order valence-corrected chi connectivity index (χ2v) is 7.08. The van der Waals surface area contributed by atoms with E-state index in [2.05, 4.69) is 0 Å². The van der Waals surface area contributed by atoms with Gasteiger partial charge in [-0.25, -0.2) is 0 Å². The van der Waals surface area contributed by atoms with Crippen LogP contribution in [0.15, 0.2) is 30.3 Å². The molecule has 0 spiro atoms. The predicted octanol–water partition coefficient (Wildman–Crippen LogP) is -1.80. The highest BCUT2D eigenvalue weighted by Crippen LogP contribution is 2.55. The van der Waals surface area contributed by atoms with Crippen LogP contribution in [0, 0.1) is 0 Å². The summed E-state index contributed by atoms with van der Waals surface area (Å²) in [7, 11) is 0. The van der Waals surface area contributed by atoms with Crippen molar-refractivity contribution in [2.75, 3.05) is 6.61 Å². The van der Waals surface area contributed by atoms with Crippen LogP contribution >= 0.6 is 0 Å². The van der Waals surface area contributed by atoms with Gasteiger partial charge in [0.2, 0.25) is 0 Å². The molecule has 0 aromatic heterocycles. The zero-order valence-electron chi connectivity index (χ0n) is 13.8. The number of epoxide rings is 1. The van der Waals surface area contributed by atoms with Crippen LogP contribution < -0.4 is 0 Å². The van der Waals surface area contributed by atoms with Crippen molar-refractivity contribution in [3.8, 4) is 0 Å². The lowest BCUT2D eigenvalue weighted by atomic mass is 9.95. The molecule has 3 saturated heterocycles. The monoisotopic (exact) mass is 367 g/mol. The Bertz CT molecular complexity index is 692. The third-order valence-electron chi connectivity index (χ3n) is 5.42. The first-order valence-corrected chi connectivity index (χ1v) is 8.46. The summed E-state index contributed by atoms with van der Waals surface area (Å²) in [6.07, 6.45) is -5.02. The molecule has 2 bridgehead atoms. The number of piperidine rings is 1. The first-order chi connectivity index (χ1) is 12.3.